The van der Waals surface area contributed by atoms with Gasteiger partial charge in [0.15, 0.2) is 0 Å². The van der Waals surface area contributed by atoms with Gasteiger partial charge in [0, 0.05) is 0 Å². The van der Waals surface area contributed by atoms with Crippen molar-refractivity contribution in [1.29, 1.82) is 0 Å². The van der Waals surface area contributed by atoms with Crippen LogP contribution in [0.15, 0.2) is 78.9 Å². The number of rotatable bonds is 3. The van der Waals surface area contributed by atoms with Crippen molar-refractivity contribution in [2.45, 2.75) is 24.6 Å². The summed E-state index contributed by atoms with van der Waals surface area (Å²) in [5.41, 5.74) is 1.31. The van der Waals surface area contributed by atoms with Gasteiger partial charge >= 0.3 is 0 Å². The summed E-state index contributed by atoms with van der Waals surface area (Å²) in [7, 11) is 0. The second-order valence-electron chi connectivity index (χ2n) is 6.57. The fourth-order valence-corrected chi connectivity index (χ4v) is 4.36. The van der Waals surface area contributed by atoms with Crippen LogP contribution in [-0.2, 0) is 4.32 Å². The zero-order chi connectivity index (χ0) is 17.4. The molecule has 4 aromatic carbocycles. The normalized spacial score (nSPS) is 14.5. The molecule has 0 bridgehead atoms. The lowest BCUT2D eigenvalue weighted by atomic mass is 9.89. The maximum atomic E-state index is 3.97. The Morgan fingerprint density at radius 3 is 1.72 bits per heavy atom. The maximum absolute atomic E-state index is 3.97. The van der Waals surface area contributed by atoms with Crippen LogP contribution in [0.5, 0.6) is 0 Å². The highest BCUT2D eigenvalue weighted by atomic mass is 79.9. The van der Waals surface area contributed by atoms with Crippen LogP contribution in [0.25, 0.3) is 32.3 Å². The van der Waals surface area contributed by atoms with Gasteiger partial charge in [-0.05, 0) is 57.3 Å². The first kappa shape index (κ1) is 16.4. The van der Waals surface area contributed by atoms with Gasteiger partial charge in [0.2, 0.25) is 0 Å². The third kappa shape index (κ3) is 2.58. The van der Waals surface area contributed by atoms with E-state index >= 15 is 0 Å². The van der Waals surface area contributed by atoms with E-state index in [2.05, 4.69) is 109 Å². The molecule has 1 unspecified atom stereocenters. The lowest BCUT2D eigenvalue weighted by Gasteiger charge is -2.24. The van der Waals surface area contributed by atoms with E-state index in [-0.39, 0.29) is 4.32 Å². The fourth-order valence-electron chi connectivity index (χ4n) is 3.85. The molecular weight excluding hydrogens is 368 g/mol. The molecule has 0 N–H and O–H groups in total. The molecule has 1 atom stereocenters. The van der Waals surface area contributed by atoms with Crippen LogP contribution in [0.1, 0.15) is 25.8 Å². The molecule has 0 aliphatic heterocycles. The third-order valence-electron chi connectivity index (χ3n) is 5.17. The smallest absolute Gasteiger partial charge is 0.0683 e. The van der Waals surface area contributed by atoms with Crippen LogP contribution in [0.2, 0.25) is 0 Å². The molecule has 0 aliphatic carbocycles. The Hall–Kier alpha value is -2.12. The van der Waals surface area contributed by atoms with Gasteiger partial charge in [-0.3, -0.25) is 0 Å². The summed E-state index contributed by atoms with van der Waals surface area (Å²) in [5, 5.41) is 7.95. The minimum Gasteiger partial charge on any atom is -0.0899 e. The molecule has 0 saturated heterocycles. The zero-order valence-electron chi connectivity index (χ0n) is 14.6. The summed E-state index contributed by atoms with van der Waals surface area (Å²) in [6.45, 7) is 4.30. The molecule has 124 valence electrons. The Labute approximate surface area is 157 Å². The zero-order valence-corrected chi connectivity index (χ0v) is 16.2. The number of allylic oxidation sites excluding steroid dienone is 2. The standard InChI is InChI=1S/C24H21Br/c1-3-15-24(25,4-2)17-13-14-22-20-11-6-5-9-18(20)19-10-7-8-12-21(19)23(22)16-17/h3,5-16H,4H2,1-2H3/b15-3-. The molecule has 1 heteroatoms. The van der Waals surface area contributed by atoms with E-state index in [0.29, 0.717) is 0 Å². The van der Waals surface area contributed by atoms with Crippen LogP contribution in [0, 0.1) is 0 Å². The largest absolute Gasteiger partial charge is 0.0899 e. The second kappa shape index (κ2) is 6.31. The number of fused-ring (bicyclic) bond motifs is 6. The Morgan fingerprint density at radius 1 is 0.760 bits per heavy atom. The third-order valence-corrected chi connectivity index (χ3v) is 6.45. The van der Waals surface area contributed by atoms with Crippen molar-refractivity contribution in [1.82, 2.24) is 0 Å². The SMILES string of the molecule is C/C=C\C(Br)(CC)c1ccc2c3ccccc3c3ccccc3c2c1. The molecule has 0 fully saturated rings. The molecule has 0 radical (unpaired) electrons. The highest BCUT2D eigenvalue weighted by Gasteiger charge is 2.24. The first-order chi connectivity index (χ1) is 12.2. The van der Waals surface area contributed by atoms with E-state index in [1.54, 1.807) is 0 Å². The monoisotopic (exact) mass is 388 g/mol. The van der Waals surface area contributed by atoms with Gasteiger partial charge in [0.05, 0.1) is 4.32 Å². The van der Waals surface area contributed by atoms with E-state index in [4.69, 9.17) is 0 Å². The van der Waals surface area contributed by atoms with Crippen molar-refractivity contribution >= 4 is 48.2 Å². The van der Waals surface area contributed by atoms with Crippen molar-refractivity contribution in [2.24, 2.45) is 0 Å². The van der Waals surface area contributed by atoms with Crippen molar-refractivity contribution < 1.29 is 0 Å². The van der Waals surface area contributed by atoms with Crippen LogP contribution >= 0.6 is 15.9 Å². The van der Waals surface area contributed by atoms with Gasteiger partial charge in [-0.2, -0.15) is 0 Å². The maximum Gasteiger partial charge on any atom is 0.0683 e. The molecule has 0 aliphatic rings. The van der Waals surface area contributed by atoms with Gasteiger partial charge in [-0.15, -0.1) is 0 Å². The minimum absolute atomic E-state index is 0.108. The van der Waals surface area contributed by atoms with Gasteiger partial charge in [0.1, 0.15) is 0 Å². The summed E-state index contributed by atoms with van der Waals surface area (Å²) in [6, 6.07) is 24.4. The lowest BCUT2D eigenvalue weighted by molar-refractivity contribution is 0.754. The highest BCUT2D eigenvalue weighted by Crippen LogP contribution is 2.41. The van der Waals surface area contributed by atoms with E-state index in [1.807, 2.05) is 0 Å². The van der Waals surface area contributed by atoms with E-state index in [9.17, 15) is 0 Å². The summed E-state index contributed by atoms with van der Waals surface area (Å²) in [6.07, 6.45) is 5.38. The van der Waals surface area contributed by atoms with Gasteiger partial charge in [-0.25, -0.2) is 0 Å². The van der Waals surface area contributed by atoms with Crippen molar-refractivity contribution in [3.05, 3.63) is 84.4 Å². The molecule has 25 heavy (non-hydrogen) atoms. The fraction of sp³-hybridized carbons (Fsp3) is 0.167. The highest BCUT2D eigenvalue weighted by molar-refractivity contribution is 9.09. The average Bonchev–Trinajstić information content (AvgIpc) is 2.68. The van der Waals surface area contributed by atoms with Crippen molar-refractivity contribution in [3.8, 4) is 0 Å². The molecule has 0 amide bonds. The number of hydrogen-bond acceptors (Lipinski definition) is 0. The second-order valence-corrected chi connectivity index (χ2v) is 7.98. The predicted octanol–water partition coefficient (Wildman–Crippen LogP) is 7.72. The number of hydrogen-bond donors (Lipinski definition) is 0. The summed E-state index contributed by atoms with van der Waals surface area (Å²) >= 11 is 3.97. The number of halogens is 1. The summed E-state index contributed by atoms with van der Waals surface area (Å²) in [4.78, 5) is 0. The van der Waals surface area contributed by atoms with E-state index < -0.39 is 0 Å². The predicted molar refractivity (Wildman–Crippen MR) is 115 cm³/mol. The molecule has 4 rings (SSSR count). The van der Waals surface area contributed by atoms with Crippen LogP contribution in [-0.4, -0.2) is 0 Å². The van der Waals surface area contributed by atoms with Crippen molar-refractivity contribution in [3.63, 3.8) is 0 Å². The first-order valence-electron chi connectivity index (χ1n) is 8.84. The first-order valence-corrected chi connectivity index (χ1v) is 9.63. The molecule has 0 nitrogen and oxygen atoms in total. The Bertz CT molecular complexity index is 1070. The molecule has 4 aromatic rings. The molecule has 0 saturated carbocycles. The average molecular weight is 389 g/mol. The Morgan fingerprint density at radius 2 is 1.24 bits per heavy atom. The molecular formula is C24H21Br. The minimum atomic E-state index is -0.108. The lowest BCUT2D eigenvalue weighted by Crippen LogP contribution is -2.13. The van der Waals surface area contributed by atoms with Crippen LogP contribution in [0.3, 0.4) is 0 Å². The molecule has 0 aromatic heterocycles. The van der Waals surface area contributed by atoms with Crippen molar-refractivity contribution in [2.75, 3.05) is 0 Å². The van der Waals surface area contributed by atoms with E-state index in [0.717, 1.165) is 6.42 Å². The van der Waals surface area contributed by atoms with Gasteiger partial charge in [-0.1, -0.05) is 95.7 Å². The molecule has 0 heterocycles. The van der Waals surface area contributed by atoms with Crippen LogP contribution in [0.4, 0.5) is 0 Å². The topological polar surface area (TPSA) is 0 Å². The Kier molecular flexibility index (Phi) is 4.13. The van der Waals surface area contributed by atoms with Gasteiger partial charge < -0.3 is 0 Å². The number of benzene rings is 4. The quantitative estimate of drug-likeness (QED) is 0.191. The summed E-state index contributed by atoms with van der Waals surface area (Å²) < 4.78 is -0.108. The summed E-state index contributed by atoms with van der Waals surface area (Å²) in [5.74, 6) is 0. The van der Waals surface area contributed by atoms with Gasteiger partial charge in [0.25, 0.3) is 0 Å². The number of alkyl halides is 1. The van der Waals surface area contributed by atoms with Crippen LogP contribution < -0.4 is 0 Å². The van der Waals surface area contributed by atoms with E-state index in [1.165, 1.54) is 37.9 Å². The Balaban J connectivity index is 2.15. The molecule has 0 spiro atoms.